The highest BCUT2D eigenvalue weighted by molar-refractivity contribution is 5.83. The minimum absolute atomic E-state index is 0.210. The van der Waals surface area contributed by atoms with E-state index in [0.717, 1.165) is 12.8 Å². The van der Waals surface area contributed by atoms with Crippen molar-refractivity contribution in [3.8, 4) is 0 Å². The molecule has 2 amide bonds. The summed E-state index contributed by atoms with van der Waals surface area (Å²) in [5.41, 5.74) is -0.523. The summed E-state index contributed by atoms with van der Waals surface area (Å²) in [5.74, 6) is -1.00. The summed E-state index contributed by atoms with van der Waals surface area (Å²) < 4.78 is 5.53. The van der Waals surface area contributed by atoms with Gasteiger partial charge in [-0.2, -0.15) is 0 Å². The van der Waals surface area contributed by atoms with Crippen molar-refractivity contribution >= 4 is 12.0 Å². The second kappa shape index (κ2) is 6.92. The number of hydrogen-bond donors (Lipinski definition) is 2. The van der Waals surface area contributed by atoms with Crippen molar-refractivity contribution in [1.82, 2.24) is 10.2 Å². The summed E-state index contributed by atoms with van der Waals surface area (Å²) >= 11 is 0. The number of carboxylic acid groups (broad SMARTS) is 1. The lowest BCUT2D eigenvalue weighted by atomic mass is 9.87. The highest BCUT2D eigenvalue weighted by Crippen LogP contribution is 2.20. The number of hydrogen-bond acceptors (Lipinski definition) is 3. The van der Waals surface area contributed by atoms with Crippen molar-refractivity contribution in [2.24, 2.45) is 5.41 Å². The second-order valence-corrected chi connectivity index (χ2v) is 6.23. The monoisotopic (exact) mass is 286 g/mol. The Kier molecular flexibility index (Phi) is 5.80. The Labute approximate surface area is 120 Å². The zero-order chi connectivity index (χ0) is 15.3. The van der Waals surface area contributed by atoms with Crippen molar-refractivity contribution in [3.63, 3.8) is 0 Å². The van der Waals surface area contributed by atoms with Gasteiger partial charge in [-0.1, -0.05) is 20.8 Å². The van der Waals surface area contributed by atoms with Crippen LogP contribution in [0.3, 0.4) is 0 Å². The highest BCUT2D eigenvalue weighted by Gasteiger charge is 2.34. The molecule has 0 aromatic carbocycles. The predicted molar refractivity (Wildman–Crippen MR) is 75.6 cm³/mol. The fourth-order valence-corrected chi connectivity index (χ4v) is 2.32. The molecule has 0 aromatic rings. The molecular weight excluding hydrogens is 260 g/mol. The van der Waals surface area contributed by atoms with Crippen LogP contribution < -0.4 is 5.32 Å². The van der Waals surface area contributed by atoms with Gasteiger partial charge in [0.25, 0.3) is 0 Å². The van der Waals surface area contributed by atoms with E-state index in [4.69, 9.17) is 4.74 Å². The molecule has 1 saturated heterocycles. The topological polar surface area (TPSA) is 78.9 Å². The number of nitrogens with zero attached hydrogens (tertiary/aromatic N) is 1. The zero-order valence-corrected chi connectivity index (χ0v) is 12.8. The Morgan fingerprint density at radius 3 is 2.30 bits per heavy atom. The lowest BCUT2D eigenvalue weighted by Crippen LogP contribution is -2.55. The Bertz CT molecular complexity index is 344. The molecule has 1 fully saturated rings. The SMILES string of the molecule is CCOC1CCN(C(=O)N[C@H](C(=O)O)C(C)(C)C)CC1. The molecule has 0 saturated carbocycles. The molecule has 2 N–H and O–H groups in total. The van der Waals surface area contributed by atoms with Gasteiger partial charge in [0, 0.05) is 19.7 Å². The Balaban J connectivity index is 2.53. The minimum atomic E-state index is -1.00. The van der Waals surface area contributed by atoms with Crippen molar-refractivity contribution < 1.29 is 19.4 Å². The van der Waals surface area contributed by atoms with Crippen molar-refractivity contribution in [2.45, 2.75) is 52.7 Å². The van der Waals surface area contributed by atoms with Gasteiger partial charge in [0.15, 0.2) is 0 Å². The van der Waals surface area contributed by atoms with E-state index in [-0.39, 0.29) is 12.1 Å². The first-order valence-electron chi connectivity index (χ1n) is 7.15. The van der Waals surface area contributed by atoms with E-state index in [1.54, 1.807) is 25.7 Å². The average Bonchev–Trinajstić information content (AvgIpc) is 2.35. The number of amides is 2. The molecule has 1 rings (SSSR count). The first-order valence-corrected chi connectivity index (χ1v) is 7.15. The van der Waals surface area contributed by atoms with Crippen LogP contribution in [-0.2, 0) is 9.53 Å². The van der Waals surface area contributed by atoms with E-state index in [1.807, 2.05) is 6.92 Å². The van der Waals surface area contributed by atoms with E-state index in [2.05, 4.69) is 5.32 Å². The van der Waals surface area contributed by atoms with Crippen LogP contribution in [0.1, 0.15) is 40.5 Å². The van der Waals surface area contributed by atoms with E-state index >= 15 is 0 Å². The van der Waals surface area contributed by atoms with Crippen LogP contribution >= 0.6 is 0 Å². The number of carbonyl (C=O) groups is 2. The second-order valence-electron chi connectivity index (χ2n) is 6.23. The highest BCUT2D eigenvalue weighted by atomic mass is 16.5. The van der Waals surface area contributed by atoms with Crippen molar-refractivity contribution in [3.05, 3.63) is 0 Å². The summed E-state index contributed by atoms with van der Waals surface area (Å²) in [6.07, 6.45) is 1.81. The van der Waals surface area contributed by atoms with Gasteiger partial charge in [0.2, 0.25) is 0 Å². The lowest BCUT2D eigenvalue weighted by Gasteiger charge is -2.34. The van der Waals surface area contributed by atoms with Crippen LogP contribution in [0, 0.1) is 5.41 Å². The molecule has 1 atom stereocenters. The van der Waals surface area contributed by atoms with Gasteiger partial charge >= 0.3 is 12.0 Å². The number of rotatable bonds is 4. The predicted octanol–water partition coefficient (Wildman–Crippen LogP) is 1.70. The molecule has 0 aliphatic carbocycles. The van der Waals surface area contributed by atoms with Crippen LogP contribution in [0.15, 0.2) is 0 Å². The smallest absolute Gasteiger partial charge is 0.326 e. The standard InChI is InChI=1S/C14H26N2O4/c1-5-20-10-6-8-16(9-7-10)13(19)15-11(12(17)18)14(2,3)4/h10-11H,5-9H2,1-4H3,(H,15,19)(H,17,18)/t11-/m1/s1. The number of carbonyl (C=O) groups excluding carboxylic acids is 1. The summed E-state index contributed by atoms with van der Waals surface area (Å²) in [6.45, 7) is 9.25. The fraction of sp³-hybridized carbons (Fsp3) is 0.857. The number of carboxylic acids is 1. The van der Waals surface area contributed by atoms with Crippen LogP contribution in [0.25, 0.3) is 0 Å². The van der Waals surface area contributed by atoms with E-state index in [0.29, 0.717) is 19.7 Å². The zero-order valence-electron chi connectivity index (χ0n) is 12.8. The number of aliphatic carboxylic acids is 1. The molecule has 20 heavy (non-hydrogen) atoms. The van der Waals surface area contributed by atoms with Crippen LogP contribution in [-0.4, -0.2) is 53.8 Å². The number of ether oxygens (including phenoxy) is 1. The van der Waals surface area contributed by atoms with Crippen molar-refractivity contribution in [2.75, 3.05) is 19.7 Å². The molecule has 1 aliphatic heterocycles. The largest absolute Gasteiger partial charge is 0.480 e. The van der Waals surface area contributed by atoms with E-state index in [9.17, 15) is 14.7 Å². The molecule has 1 aliphatic rings. The summed E-state index contributed by atoms with van der Waals surface area (Å²) in [4.78, 5) is 25.0. The van der Waals surface area contributed by atoms with Gasteiger partial charge in [-0.05, 0) is 25.2 Å². The maximum atomic E-state index is 12.1. The third-order valence-electron chi connectivity index (χ3n) is 3.51. The number of likely N-dealkylation sites (tertiary alicyclic amines) is 1. The molecule has 6 heteroatoms. The fourth-order valence-electron chi connectivity index (χ4n) is 2.32. The average molecular weight is 286 g/mol. The number of urea groups is 1. The molecule has 0 radical (unpaired) electrons. The quantitative estimate of drug-likeness (QED) is 0.824. The van der Waals surface area contributed by atoms with E-state index in [1.165, 1.54) is 0 Å². The third-order valence-corrected chi connectivity index (χ3v) is 3.51. The Morgan fingerprint density at radius 2 is 1.90 bits per heavy atom. The molecule has 0 spiro atoms. The van der Waals surface area contributed by atoms with Crippen LogP contribution in [0.4, 0.5) is 4.79 Å². The number of piperidine rings is 1. The van der Waals surface area contributed by atoms with Gasteiger partial charge in [-0.3, -0.25) is 0 Å². The summed E-state index contributed by atoms with van der Waals surface area (Å²) in [7, 11) is 0. The number of nitrogens with one attached hydrogen (secondary N) is 1. The Morgan fingerprint density at radius 1 is 1.35 bits per heavy atom. The first-order chi connectivity index (χ1) is 9.25. The molecule has 116 valence electrons. The van der Waals surface area contributed by atoms with Crippen LogP contribution in [0.2, 0.25) is 0 Å². The first kappa shape index (κ1) is 16.8. The van der Waals surface area contributed by atoms with E-state index < -0.39 is 17.4 Å². The molecule has 0 bridgehead atoms. The Hall–Kier alpha value is -1.30. The lowest BCUT2D eigenvalue weighted by molar-refractivity contribution is -0.142. The van der Waals surface area contributed by atoms with Crippen molar-refractivity contribution in [1.29, 1.82) is 0 Å². The maximum absolute atomic E-state index is 12.1. The normalized spacial score (nSPS) is 18.7. The maximum Gasteiger partial charge on any atom is 0.326 e. The van der Waals surface area contributed by atoms with Gasteiger partial charge in [0.05, 0.1) is 6.10 Å². The molecule has 1 heterocycles. The van der Waals surface area contributed by atoms with Gasteiger partial charge in [-0.15, -0.1) is 0 Å². The molecule has 0 aromatic heterocycles. The summed E-state index contributed by atoms with van der Waals surface area (Å²) in [6, 6.07) is -1.19. The third kappa shape index (κ3) is 4.67. The summed E-state index contributed by atoms with van der Waals surface area (Å²) in [5, 5.41) is 11.8. The van der Waals surface area contributed by atoms with Gasteiger partial charge < -0.3 is 20.1 Å². The minimum Gasteiger partial charge on any atom is -0.480 e. The molecular formula is C14H26N2O4. The van der Waals surface area contributed by atoms with Crippen LogP contribution in [0.5, 0.6) is 0 Å². The van der Waals surface area contributed by atoms with Gasteiger partial charge in [0.1, 0.15) is 6.04 Å². The molecule has 6 nitrogen and oxygen atoms in total. The molecule has 0 unspecified atom stereocenters. The van der Waals surface area contributed by atoms with Gasteiger partial charge in [-0.25, -0.2) is 9.59 Å².